The zero-order chi connectivity index (χ0) is 15.7. The van der Waals surface area contributed by atoms with Gasteiger partial charge in [-0.1, -0.05) is 35.3 Å². The molecule has 4 unspecified atom stereocenters. The molecule has 1 aromatic carbocycles. The molecule has 4 atom stereocenters. The lowest BCUT2D eigenvalue weighted by atomic mass is 10.0. The van der Waals surface area contributed by atoms with Crippen LogP contribution in [-0.2, 0) is 9.59 Å². The molecule has 2 rings (SSSR count). The largest absolute Gasteiger partial charge is 0.481 e. The molecule has 0 saturated heterocycles. The van der Waals surface area contributed by atoms with Gasteiger partial charge in [-0.25, -0.2) is 0 Å². The molecule has 21 heavy (non-hydrogen) atoms. The van der Waals surface area contributed by atoms with E-state index < -0.39 is 17.9 Å². The van der Waals surface area contributed by atoms with Crippen molar-refractivity contribution in [3.63, 3.8) is 0 Å². The summed E-state index contributed by atoms with van der Waals surface area (Å²) in [6, 6.07) is 4.98. The number of carbonyl (C=O) groups excluding carboxylic acids is 1. The summed E-state index contributed by atoms with van der Waals surface area (Å²) < 4.78 is 0. The van der Waals surface area contributed by atoms with Crippen molar-refractivity contribution in [3.8, 4) is 0 Å². The van der Waals surface area contributed by atoms with Gasteiger partial charge in [-0.05, 0) is 37.8 Å². The van der Waals surface area contributed by atoms with Gasteiger partial charge in [0, 0.05) is 12.0 Å². The van der Waals surface area contributed by atoms with Crippen LogP contribution >= 0.6 is 23.2 Å². The average Bonchev–Trinajstić information content (AvgIpc) is 3.21. The van der Waals surface area contributed by atoms with Gasteiger partial charge < -0.3 is 10.4 Å². The Balaban J connectivity index is 1.98. The van der Waals surface area contributed by atoms with Crippen LogP contribution in [0.4, 0.5) is 0 Å². The first-order valence-electron chi connectivity index (χ1n) is 6.80. The molecule has 0 aliphatic heterocycles. The summed E-state index contributed by atoms with van der Waals surface area (Å²) in [5, 5.41) is 12.7. The summed E-state index contributed by atoms with van der Waals surface area (Å²) in [5.74, 6) is -1.78. The van der Waals surface area contributed by atoms with Crippen LogP contribution in [0.3, 0.4) is 0 Å². The minimum Gasteiger partial charge on any atom is -0.481 e. The fourth-order valence-electron chi connectivity index (χ4n) is 2.31. The summed E-state index contributed by atoms with van der Waals surface area (Å²) in [7, 11) is 0. The molecule has 1 aliphatic carbocycles. The minimum absolute atomic E-state index is 0.0588. The van der Waals surface area contributed by atoms with E-state index >= 15 is 0 Å². The summed E-state index contributed by atoms with van der Waals surface area (Å²) in [6.07, 6.45) is 0.708. The molecule has 1 aliphatic rings. The topological polar surface area (TPSA) is 66.4 Å². The van der Waals surface area contributed by atoms with Gasteiger partial charge in [0.2, 0.25) is 5.91 Å². The lowest BCUT2D eigenvalue weighted by Crippen LogP contribution is -2.40. The number of benzene rings is 1. The molecule has 114 valence electrons. The van der Waals surface area contributed by atoms with E-state index in [9.17, 15) is 9.59 Å². The van der Waals surface area contributed by atoms with Crippen molar-refractivity contribution < 1.29 is 14.7 Å². The summed E-state index contributed by atoms with van der Waals surface area (Å²) >= 11 is 12.1. The molecule has 1 saturated carbocycles. The summed E-state index contributed by atoms with van der Waals surface area (Å²) in [6.45, 7) is 3.27. The zero-order valence-corrected chi connectivity index (χ0v) is 13.3. The van der Waals surface area contributed by atoms with E-state index in [1.807, 2.05) is 12.1 Å². The highest BCUT2D eigenvalue weighted by atomic mass is 35.5. The van der Waals surface area contributed by atoms with Crippen molar-refractivity contribution in [2.75, 3.05) is 0 Å². The maximum Gasteiger partial charge on any atom is 0.308 e. The second kappa shape index (κ2) is 6.24. The van der Waals surface area contributed by atoms with Gasteiger partial charge in [0.1, 0.15) is 0 Å². The van der Waals surface area contributed by atoms with E-state index in [1.54, 1.807) is 19.9 Å². The van der Waals surface area contributed by atoms with Crippen molar-refractivity contribution in [2.24, 2.45) is 11.8 Å². The normalized spacial score (nSPS) is 23.2. The van der Waals surface area contributed by atoms with Crippen LogP contribution in [0, 0.1) is 11.8 Å². The number of rotatable bonds is 5. The Kier molecular flexibility index (Phi) is 4.79. The van der Waals surface area contributed by atoms with Gasteiger partial charge >= 0.3 is 5.97 Å². The van der Waals surface area contributed by atoms with Gasteiger partial charge in [-0.3, -0.25) is 9.59 Å². The van der Waals surface area contributed by atoms with E-state index in [0.29, 0.717) is 16.5 Å². The molecule has 0 aromatic heterocycles. The zero-order valence-electron chi connectivity index (χ0n) is 11.8. The van der Waals surface area contributed by atoms with E-state index in [-0.39, 0.29) is 17.7 Å². The Morgan fingerprint density at radius 2 is 2.00 bits per heavy atom. The number of amides is 1. The third kappa shape index (κ3) is 3.50. The van der Waals surface area contributed by atoms with Gasteiger partial charge in [-0.2, -0.15) is 0 Å². The van der Waals surface area contributed by atoms with Crippen LogP contribution < -0.4 is 5.32 Å². The van der Waals surface area contributed by atoms with Gasteiger partial charge in [0.05, 0.1) is 16.0 Å². The van der Waals surface area contributed by atoms with Gasteiger partial charge in [0.15, 0.2) is 0 Å². The highest BCUT2D eigenvalue weighted by Crippen LogP contribution is 2.50. The first-order chi connectivity index (χ1) is 9.82. The second-order valence-corrected chi connectivity index (χ2v) is 6.30. The Morgan fingerprint density at radius 1 is 1.33 bits per heavy atom. The fraction of sp³-hybridized carbons (Fsp3) is 0.467. The highest BCUT2D eigenvalue weighted by Gasteiger charge is 2.45. The standard InChI is InChI=1S/C15H17Cl2NO3/c1-7(15(20)21)8(2)18-14(19)11-6-10(11)9-4-3-5-12(16)13(9)17/h3-5,7-8,10-11H,6H2,1-2H3,(H,18,19)(H,20,21). The van der Waals surface area contributed by atoms with Crippen LogP contribution in [0.15, 0.2) is 18.2 Å². The highest BCUT2D eigenvalue weighted by molar-refractivity contribution is 6.42. The fourth-order valence-corrected chi connectivity index (χ4v) is 2.75. The smallest absolute Gasteiger partial charge is 0.308 e. The number of halogens is 2. The SMILES string of the molecule is CC(NC(=O)C1CC1c1cccc(Cl)c1Cl)C(C)C(=O)O. The minimum atomic E-state index is -0.923. The van der Waals surface area contributed by atoms with Crippen molar-refractivity contribution in [1.29, 1.82) is 0 Å². The molecular weight excluding hydrogens is 313 g/mol. The molecule has 1 fully saturated rings. The third-order valence-electron chi connectivity index (χ3n) is 4.02. The van der Waals surface area contributed by atoms with E-state index in [1.165, 1.54) is 0 Å². The predicted octanol–water partition coefficient (Wildman–Crippen LogP) is 3.32. The molecular formula is C15H17Cl2NO3. The lowest BCUT2D eigenvalue weighted by Gasteiger charge is -2.17. The van der Waals surface area contributed by atoms with Crippen LogP contribution in [0.5, 0.6) is 0 Å². The predicted molar refractivity (Wildman–Crippen MR) is 81.7 cm³/mol. The van der Waals surface area contributed by atoms with Crippen LogP contribution in [0.25, 0.3) is 0 Å². The molecule has 6 heteroatoms. The third-order valence-corrected chi connectivity index (χ3v) is 4.85. The van der Waals surface area contributed by atoms with Crippen molar-refractivity contribution in [1.82, 2.24) is 5.32 Å². The number of hydrogen-bond donors (Lipinski definition) is 2. The monoisotopic (exact) mass is 329 g/mol. The maximum absolute atomic E-state index is 12.1. The number of aliphatic carboxylic acids is 1. The van der Waals surface area contributed by atoms with Crippen molar-refractivity contribution in [2.45, 2.75) is 32.2 Å². The number of hydrogen-bond acceptors (Lipinski definition) is 2. The van der Waals surface area contributed by atoms with Gasteiger partial charge in [0.25, 0.3) is 0 Å². The second-order valence-electron chi connectivity index (χ2n) is 5.52. The molecule has 0 heterocycles. The van der Waals surface area contributed by atoms with Crippen LogP contribution in [-0.4, -0.2) is 23.0 Å². The van der Waals surface area contributed by atoms with E-state index in [4.69, 9.17) is 28.3 Å². The Bertz CT molecular complexity index is 576. The molecule has 0 spiro atoms. The molecule has 1 aromatic rings. The Morgan fingerprint density at radius 3 is 2.62 bits per heavy atom. The van der Waals surface area contributed by atoms with Crippen molar-refractivity contribution >= 4 is 35.1 Å². The number of carbonyl (C=O) groups is 2. The first kappa shape index (κ1) is 16.1. The van der Waals surface area contributed by atoms with E-state index in [2.05, 4.69) is 5.32 Å². The summed E-state index contributed by atoms with van der Waals surface area (Å²) in [4.78, 5) is 23.0. The Hall–Kier alpha value is -1.26. The van der Waals surface area contributed by atoms with Crippen molar-refractivity contribution in [3.05, 3.63) is 33.8 Å². The molecule has 0 radical (unpaired) electrons. The Labute approximate surface area is 133 Å². The molecule has 1 amide bonds. The number of carboxylic acids is 1. The lowest BCUT2D eigenvalue weighted by molar-refractivity contribution is -0.142. The number of carboxylic acid groups (broad SMARTS) is 1. The van der Waals surface area contributed by atoms with Crippen LogP contribution in [0.1, 0.15) is 31.7 Å². The van der Waals surface area contributed by atoms with Crippen LogP contribution in [0.2, 0.25) is 10.0 Å². The number of nitrogens with one attached hydrogen (secondary N) is 1. The van der Waals surface area contributed by atoms with E-state index in [0.717, 1.165) is 5.56 Å². The molecule has 4 nitrogen and oxygen atoms in total. The maximum atomic E-state index is 12.1. The van der Waals surface area contributed by atoms with Gasteiger partial charge in [-0.15, -0.1) is 0 Å². The molecule has 0 bridgehead atoms. The summed E-state index contributed by atoms with van der Waals surface area (Å²) in [5.41, 5.74) is 0.878. The average molecular weight is 330 g/mol. The quantitative estimate of drug-likeness (QED) is 0.870. The first-order valence-corrected chi connectivity index (χ1v) is 7.55. The molecule has 2 N–H and O–H groups in total.